The number of hydrogen-bond acceptors (Lipinski definition) is 6. The van der Waals surface area contributed by atoms with E-state index < -0.39 is 11.9 Å². The normalized spacial score (nSPS) is 11.9. The summed E-state index contributed by atoms with van der Waals surface area (Å²) in [5.41, 5.74) is 1.72. The second-order valence-corrected chi connectivity index (χ2v) is 5.20. The van der Waals surface area contributed by atoms with E-state index in [1.165, 1.54) is 0 Å². The van der Waals surface area contributed by atoms with E-state index in [-0.39, 0.29) is 12.5 Å². The highest BCUT2D eigenvalue weighted by Gasteiger charge is 2.19. The van der Waals surface area contributed by atoms with Crippen LogP contribution in [0.1, 0.15) is 16.2 Å². The van der Waals surface area contributed by atoms with Crippen LogP contribution in [0.2, 0.25) is 0 Å². The Bertz CT molecular complexity index is 790. The number of aliphatic hydroxyl groups is 1. The molecule has 0 bridgehead atoms. The van der Waals surface area contributed by atoms with Gasteiger partial charge < -0.3 is 14.9 Å². The number of benzene rings is 1. The number of pyridine rings is 1. The summed E-state index contributed by atoms with van der Waals surface area (Å²) in [4.78, 5) is 20.2. The molecule has 0 fully saturated rings. The lowest BCUT2D eigenvalue weighted by Crippen LogP contribution is -2.39. The van der Waals surface area contributed by atoms with Crippen molar-refractivity contribution in [3.05, 3.63) is 66.3 Å². The molecule has 2 N–H and O–H groups in total. The van der Waals surface area contributed by atoms with Crippen LogP contribution in [-0.2, 0) is 6.42 Å². The third kappa shape index (κ3) is 3.82. The Morgan fingerprint density at radius 2 is 1.92 bits per heavy atom. The van der Waals surface area contributed by atoms with Crippen LogP contribution in [0.5, 0.6) is 0 Å². The molecule has 0 aliphatic heterocycles. The first-order valence-electron chi connectivity index (χ1n) is 7.46. The molecule has 1 amide bonds. The first-order chi connectivity index (χ1) is 11.8. The average molecular weight is 324 g/mol. The van der Waals surface area contributed by atoms with Crippen molar-refractivity contribution in [1.82, 2.24) is 20.4 Å². The Balaban J connectivity index is 1.67. The smallest absolute Gasteiger partial charge is 0.316 e. The zero-order chi connectivity index (χ0) is 16.8. The van der Waals surface area contributed by atoms with E-state index in [0.717, 1.165) is 5.56 Å². The summed E-state index contributed by atoms with van der Waals surface area (Å²) < 4.78 is 5.00. The van der Waals surface area contributed by atoms with Gasteiger partial charge in [-0.1, -0.05) is 35.5 Å². The van der Waals surface area contributed by atoms with Crippen LogP contribution in [0.15, 0.2) is 59.4 Å². The molecule has 0 spiro atoms. The fourth-order valence-corrected chi connectivity index (χ4v) is 2.24. The maximum Gasteiger partial charge on any atom is 0.316 e. The first kappa shape index (κ1) is 15.8. The summed E-state index contributed by atoms with van der Waals surface area (Å²) in [5.74, 6) is -0.350. The number of amides is 1. The third-order valence-corrected chi connectivity index (χ3v) is 3.44. The molecule has 0 aliphatic rings. The van der Waals surface area contributed by atoms with Crippen LogP contribution in [0.25, 0.3) is 11.4 Å². The van der Waals surface area contributed by atoms with Crippen molar-refractivity contribution in [2.45, 2.75) is 12.5 Å². The highest BCUT2D eigenvalue weighted by molar-refractivity contribution is 5.90. The molecule has 0 saturated heterocycles. The van der Waals surface area contributed by atoms with Gasteiger partial charge in [0.2, 0.25) is 5.82 Å². The van der Waals surface area contributed by atoms with Crippen molar-refractivity contribution in [1.29, 1.82) is 0 Å². The van der Waals surface area contributed by atoms with Crippen molar-refractivity contribution in [3.63, 3.8) is 0 Å². The molecule has 24 heavy (non-hydrogen) atoms. The number of carbonyl (C=O) groups excluding carboxylic acids is 1. The molecular weight excluding hydrogens is 308 g/mol. The number of rotatable bonds is 6. The van der Waals surface area contributed by atoms with Gasteiger partial charge in [0.25, 0.3) is 0 Å². The maximum absolute atomic E-state index is 12.2. The predicted octanol–water partition coefficient (Wildman–Crippen LogP) is 1.46. The van der Waals surface area contributed by atoms with Gasteiger partial charge in [-0.3, -0.25) is 9.78 Å². The summed E-state index contributed by atoms with van der Waals surface area (Å²) in [7, 11) is 0. The van der Waals surface area contributed by atoms with Crippen LogP contribution in [-0.4, -0.2) is 38.8 Å². The molecule has 1 aromatic carbocycles. The third-order valence-electron chi connectivity index (χ3n) is 3.44. The van der Waals surface area contributed by atoms with E-state index in [0.29, 0.717) is 17.8 Å². The van der Waals surface area contributed by atoms with Gasteiger partial charge in [0, 0.05) is 18.0 Å². The summed E-state index contributed by atoms with van der Waals surface area (Å²) >= 11 is 0. The molecule has 1 unspecified atom stereocenters. The van der Waals surface area contributed by atoms with Crippen molar-refractivity contribution < 1.29 is 14.4 Å². The minimum atomic E-state index is -0.516. The summed E-state index contributed by atoms with van der Waals surface area (Å²) in [6.07, 6.45) is 3.72. The van der Waals surface area contributed by atoms with Gasteiger partial charge >= 0.3 is 11.8 Å². The average Bonchev–Trinajstić information content (AvgIpc) is 3.13. The number of nitrogens with one attached hydrogen (secondary N) is 1. The van der Waals surface area contributed by atoms with Crippen LogP contribution < -0.4 is 5.32 Å². The minimum absolute atomic E-state index is 0.145. The predicted molar refractivity (Wildman–Crippen MR) is 86.0 cm³/mol. The summed E-state index contributed by atoms with van der Waals surface area (Å²) in [5, 5.41) is 16.0. The Kier molecular flexibility index (Phi) is 4.93. The van der Waals surface area contributed by atoms with Gasteiger partial charge in [0.15, 0.2) is 0 Å². The van der Waals surface area contributed by atoms with E-state index in [4.69, 9.17) is 4.52 Å². The monoisotopic (exact) mass is 324 g/mol. The Hall–Kier alpha value is -3.06. The molecule has 0 saturated carbocycles. The van der Waals surface area contributed by atoms with Crippen molar-refractivity contribution in [2.24, 2.45) is 0 Å². The van der Waals surface area contributed by atoms with Gasteiger partial charge in [0.1, 0.15) is 0 Å². The van der Waals surface area contributed by atoms with Crippen LogP contribution in [0.3, 0.4) is 0 Å². The molecule has 3 rings (SSSR count). The lowest BCUT2D eigenvalue weighted by Gasteiger charge is -2.14. The molecule has 2 aromatic heterocycles. The molecule has 122 valence electrons. The molecule has 7 nitrogen and oxygen atoms in total. The minimum Gasteiger partial charge on any atom is -0.394 e. The van der Waals surface area contributed by atoms with Crippen LogP contribution in [0, 0.1) is 0 Å². The number of aliphatic hydroxyl groups excluding tert-OH is 1. The van der Waals surface area contributed by atoms with E-state index in [9.17, 15) is 9.90 Å². The molecule has 0 aliphatic carbocycles. The lowest BCUT2D eigenvalue weighted by molar-refractivity contribution is 0.0872. The highest BCUT2D eigenvalue weighted by atomic mass is 16.5. The Morgan fingerprint density at radius 1 is 1.17 bits per heavy atom. The Morgan fingerprint density at radius 3 is 2.62 bits per heavy atom. The summed E-state index contributed by atoms with van der Waals surface area (Å²) in [6.45, 7) is -0.189. The van der Waals surface area contributed by atoms with Gasteiger partial charge in [-0.25, -0.2) is 0 Å². The largest absolute Gasteiger partial charge is 0.394 e. The van der Waals surface area contributed by atoms with Crippen molar-refractivity contribution in [3.8, 4) is 11.4 Å². The standard InChI is InChI=1S/C17H16N4O3/c22-11-14(10-12-4-2-1-3-5-12)19-16(23)17-20-15(21-24-17)13-6-8-18-9-7-13/h1-9,14,22H,10-11H2,(H,19,23). The highest BCUT2D eigenvalue weighted by Crippen LogP contribution is 2.14. The zero-order valence-corrected chi connectivity index (χ0v) is 12.8. The SMILES string of the molecule is O=C(NC(CO)Cc1ccccc1)c1nc(-c2ccncc2)no1. The van der Waals surface area contributed by atoms with Gasteiger partial charge in [-0.2, -0.15) is 4.98 Å². The number of carbonyl (C=O) groups is 1. The van der Waals surface area contributed by atoms with E-state index in [1.807, 2.05) is 30.3 Å². The fourth-order valence-electron chi connectivity index (χ4n) is 2.24. The quantitative estimate of drug-likeness (QED) is 0.712. The molecule has 3 aromatic rings. The maximum atomic E-state index is 12.2. The van der Waals surface area contributed by atoms with Crippen LogP contribution >= 0.6 is 0 Å². The van der Waals surface area contributed by atoms with E-state index in [1.54, 1.807) is 24.5 Å². The molecule has 0 radical (unpaired) electrons. The topological polar surface area (TPSA) is 101 Å². The molecule has 2 heterocycles. The second-order valence-electron chi connectivity index (χ2n) is 5.20. The van der Waals surface area contributed by atoms with Crippen molar-refractivity contribution in [2.75, 3.05) is 6.61 Å². The fraction of sp³-hybridized carbons (Fsp3) is 0.176. The van der Waals surface area contributed by atoms with E-state index >= 15 is 0 Å². The lowest BCUT2D eigenvalue weighted by atomic mass is 10.1. The van der Waals surface area contributed by atoms with Gasteiger partial charge in [0.05, 0.1) is 12.6 Å². The molecule has 7 heteroatoms. The number of hydrogen-bond donors (Lipinski definition) is 2. The van der Waals surface area contributed by atoms with Gasteiger partial charge in [-0.15, -0.1) is 0 Å². The van der Waals surface area contributed by atoms with Crippen molar-refractivity contribution >= 4 is 5.91 Å². The van der Waals surface area contributed by atoms with Crippen LogP contribution in [0.4, 0.5) is 0 Å². The second kappa shape index (κ2) is 7.47. The molecule has 1 atom stereocenters. The van der Waals surface area contributed by atoms with Gasteiger partial charge in [-0.05, 0) is 24.1 Å². The molecular formula is C17H16N4O3. The summed E-state index contributed by atoms with van der Waals surface area (Å²) in [6, 6.07) is 12.6. The first-order valence-corrected chi connectivity index (χ1v) is 7.46. The number of nitrogens with zero attached hydrogens (tertiary/aromatic N) is 3. The zero-order valence-electron chi connectivity index (χ0n) is 12.8. The Labute approximate surface area is 138 Å². The van der Waals surface area contributed by atoms with E-state index in [2.05, 4.69) is 20.4 Å². The number of aromatic nitrogens is 3.